The molecule has 0 aliphatic carbocycles. The molecule has 0 radical (unpaired) electrons. The monoisotopic (exact) mass is 387 g/mol. The average Bonchev–Trinajstić information content (AvgIpc) is 3.19. The van der Waals surface area contributed by atoms with Gasteiger partial charge in [-0.25, -0.2) is 9.78 Å². The molecule has 0 bridgehead atoms. The largest absolute Gasteiger partial charge is 0.399 e. The standard InChI is InChI=1S/C22H21N5O2/c23-17-7-4-14(5-8-17)19-12-18(22(28)26-25-19)15-6-9-20-16(11-15)13-24-27(20)21-3-1-2-10-29-21/h4-9,11-13,21H,1-3,10,23H2,(H,26,28). The fourth-order valence-electron chi connectivity index (χ4n) is 3.79. The summed E-state index contributed by atoms with van der Waals surface area (Å²) >= 11 is 0. The third-order valence-electron chi connectivity index (χ3n) is 5.35. The second-order valence-corrected chi connectivity index (χ2v) is 7.30. The Morgan fingerprint density at radius 3 is 2.69 bits per heavy atom. The number of benzene rings is 2. The molecule has 2 aromatic carbocycles. The van der Waals surface area contributed by atoms with Gasteiger partial charge in [0.05, 0.1) is 23.0 Å². The first-order valence-electron chi connectivity index (χ1n) is 9.74. The predicted octanol–water partition coefficient (Wildman–Crippen LogP) is 3.73. The van der Waals surface area contributed by atoms with Crippen molar-refractivity contribution in [2.45, 2.75) is 25.5 Å². The van der Waals surface area contributed by atoms with Crippen molar-refractivity contribution >= 4 is 16.6 Å². The SMILES string of the molecule is Nc1ccc(-c2cc(-c3ccc4c(cnn4C4CCCCO4)c3)c(=O)[nH]n2)cc1. The summed E-state index contributed by atoms with van der Waals surface area (Å²) < 4.78 is 7.81. The molecule has 146 valence electrons. The normalized spacial score (nSPS) is 16.9. The van der Waals surface area contributed by atoms with E-state index in [4.69, 9.17) is 10.5 Å². The molecule has 1 fully saturated rings. The van der Waals surface area contributed by atoms with Crippen LogP contribution in [0.25, 0.3) is 33.3 Å². The van der Waals surface area contributed by atoms with Crippen LogP contribution in [-0.4, -0.2) is 26.6 Å². The molecule has 0 saturated carbocycles. The molecule has 29 heavy (non-hydrogen) atoms. The van der Waals surface area contributed by atoms with E-state index in [9.17, 15) is 4.79 Å². The molecule has 1 saturated heterocycles. The number of aromatic amines is 1. The third kappa shape index (κ3) is 3.30. The zero-order valence-corrected chi connectivity index (χ0v) is 15.8. The molecular formula is C22H21N5O2. The molecule has 7 heteroatoms. The molecule has 5 rings (SSSR count). The maximum atomic E-state index is 12.5. The Balaban J connectivity index is 1.54. The Hall–Kier alpha value is -3.45. The van der Waals surface area contributed by atoms with E-state index >= 15 is 0 Å². The van der Waals surface area contributed by atoms with Crippen LogP contribution >= 0.6 is 0 Å². The number of aromatic nitrogens is 4. The van der Waals surface area contributed by atoms with E-state index in [0.717, 1.165) is 47.9 Å². The second-order valence-electron chi connectivity index (χ2n) is 7.30. The van der Waals surface area contributed by atoms with Crippen molar-refractivity contribution in [1.82, 2.24) is 20.0 Å². The average molecular weight is 387 g/mol. The zero-order chi connectivity index (χ0) is 19.8. The molecule has 3 heterocycles. The number of nitrogens with one attached hydrogen (secondary N) is 1. The van der Waals surface area contributed by atoms with Crippen LogP contribution in [-0.2, 0) is 4.74 Å². The molecule has 2 aromatic heterocycles. The number of hydrogen-bond acceptors (Lipinski definition) is 5. The molecule has 1 atom stereocenters. The van der Waals surface area contributed by atoms with Gasteiger partial charge in [-0.1, -0.05) is 18.2 Å². The fourth-order valence-corrected chi connectivity index (χ4v) is 3.79. The van der Waals surface area contributed by atoms with Crippen molar-refractivity contribution in [3.63, 3.8) is 0 Å². The number of nitrogens with zero attached hydrogens (tertiary/aromatic N) is 3. The molecule has 3 N–H and O–H groups in total. The van der Waals surface area contributed by atoms with E-state index < -0.39 is 0 Å². The lowest BCUT2D eigenvalue weighted by Crippen LogP contribution is -2.18. The molecule has 1 unspecified atom stereocenters. The summed E-state index contributed by atoms with van der Waals surface area (Å²) in [4.78, 5) is 12.5. The highest BCUT2D eigenvalue weighted by atomic mass is 16.5. The lowest BCUT2D eigenvalue weighted by Gasteiger charge is -2.23. The van der Waals surface area contributed by atoms with Gasteiger partial charge >= 0.3 is 0 Å². The van der Waals surface area contributed by atoms with Crippen LogP contribution in [0.15, 0.2) is 59.5 Å². The second kappa shape index (κ2) is 7.18. The van der Waals surface area contributed by atoms with E-state index in [1.165, 1.54) is 0 Å². The highest BCUT2D eigenvalue weighted by molar-refractivity contribution is 5.85. The van der Waals surface area contributed by atoms with Crippen LogP contribution in [0.2, 0.25) is 0 Å². The summed E-state index contributed by atoms with van der Waals surface area (Å²) in [6, 6.07) is 15.1. The van der Waals surface area contributed by atoms with Gasteiger partial charge in [-0.15, -0.1) is 0 Å². The summed E-state index contributed by atoms with van der Waals surface area (Å²) in [5, 5.41) is 12.3. The van der Waals surface area contributed by atoms with Crippen molar-refractivity contribution < 1.29 is 4.74 Å². The van der Waals surface area contributed by atoms with Gasteiger partial charge in [0.2, 0.25) is 0 Å². The van der Waals surface area contributed by atoms with Gasteiger partial charge in [0.1, 0.15) is 0 Å². The van der Waals surface area contributed by atoms with Gasteiger partial charge in [-0.2, -0.15) is 10.2 Å². The number of fused-ring (bicyclic) bond motifs is 1. The van der Waals surface area contributed by atoms with Crippen LogP contribution in [0, 0.1) is 0 Å². The maximum absolute atomic E-state index is 12.5. The first kappa shape index (κ1) is 17.6. The minimum Gasteiger partial charge on any atom is -0.399 e. The summed E-state index contributed by atoms with van der Waals surface area (Å²) in [6.07, 6.45) is 5.01. The van der Waals surface area contributed by atoms with Crippen molar-refractivity contribution in [2.24, 2.45) is 0 Å². The van der Waals surface area contributed by atoms with Gasteiger partial charge < -0.3 is 10.5 Å². The molecular weight excluding hydrogens is 366 g/mol. The van der Waals surface area contributed by atoms with E-state index in [-0.39, 0.29) is 11.8 Å². The van der Waals surface area contributed by atoms with Gasteiger partial charge in [-0.05, 0) is 55.2 Å². The van der Waals surface area contributed by atoms with Crippen LogP contribution in [0.4, 0.5) is 5.69 Å². The van der Waals surface area contributed by atoms with Crippen LogP contribution in [0.3, 0.4) is 0 Å². The molecule has 0 amide bonds. The first-order chi connectivity index (χ1) is 14.2. The molecule has 7 nitrogen and oxygen atoms in total. The Bertz CT molecular complexity index is 1220. The van der Waals surface area contributed by atoms with Crippen LogP contribution < -0.4 is 11.3 Å². The Morgan fingerprint density at radius 2 is 1.90 bits per heavy atom. The van der Waals surface area contributed by atoms with E-state index in [1.807, 2.05) is 53.3 Å². The van der Waals surface area contributed by atoms with Crippen molar-refractivity contribution in [2.75, 3.05) is 12.3 Å². The first-order valence-corrected chi connectivity index (χ1v) is 9.74. The summed E-state index contributed by atoms with van der Waals surface area (Å²) in [7, 11) is 0. The number of ether oxygens (including phenoxy) is 1. The molecule has 1 aliphatic heterocycles. The van der Waals surface area contributed by atoms with Gasteiger partial charge in [0.25, 0.3) is 5.56 Å². The van der Waals surface area contributed by atoms with E-state index in [1.54, 1.807) is 6.07 Å². The Labute approximate surface area is 167 Å². The number of hydrogen-bond donors (Lipinski definition) is 2. The zero-order valence-electron chi connectivity index (χ0n) is 15.8. The van der Waals surface area contributed by atoms with Gasteiger partial charge in [0.15, 0.2) is 6.23 Å². The number of nitrogens with two attached hydrogens (primary N) is 1. The molecule has 4 aromatic rings. The molecule has 0 spiro atoms. The predicted molar refractivity (Wildman–Crippen MR) is 112 cm³/mol. The smallest absolute Gasteiger partial charge is 0.272 e. The van der Waals surface area contributed by atoms with Gasteiger partial charge in [-0.3, -0.25) is 4.79 Å². The maximum Gasteiger partial charge on any atom is 0.272 e. The third-order valence-corrected chi connectivity index (χ3v) is 5.35. The van der Waals surface area contributed by atoms with E-state index in [0.29, 0.717) is 16.9 Å². The number of anilines is 1. The summed E-state index contributed by atoms with van der Waals surface area (Å²) in [6.45, 7) is 0.768. The van der Waals surface area contributed by atoms with Crippen LogP contribution in [0.5, 0.6) is 0 Å². The topological polar surface area (TPSA) is 98.8 Å². The fraction of sp³-hybridized carbons (Fsp3) is 0.227. The lowest BCUT2D eigenvalue weighted by atomic mass is 10.0. The van der Waals surface area contributed by atoms with Crippen LogP contribution in [0.1, 0.15) is 25.5 Å². The van der Waals surface area contributed by atoms with Crippen molar-refractivity contribution in [1.29, 1.82) is 0 Å². The molecule has 1 aliphatic rings. The summed E-state index contributed by atoms with van der Waals surface area (Å²) in [5.74, 6) is 0. The summed E-state index contributed by atoms with van der Waals surface area (Å²) in [5.41, 5.74) is 10.2. The highest BCUT2D eigenvalue weighted by Gasteiger charge is 2.19. The van der Waals surface area contributed by atoms with Gasteiger partial charge in [0, 0.05) is 23.2 Å². The number of rotatable bonds is 3. The number of nitrogen functional groups attached to an aromatic ring is 1. The van der Waals surface area contributed by atoms with Crippen molar-refractivity contribution in [3.05, 3.63) is 65.1 Å². The lowest BCUT2D eigenvalue weighted by molar-refractivity contribution is -0.0366. The minimum absolute atomic E-state index is 0.0199. The number of H-pyrrole nitrogens is 1. The Morgan fingerprint density at radius 1 is 1.07 bits per heavy atom. The van der Waals surface area contributed by atoms with Crippen molar-refractivity contribution in [3.8, 4) is 22.4 Å². The van der Waals surface area contributed by atoms with E-state index in [2.05, 4.69) is 15.3 Å². The minimum atomic E-state index is -0.230. The Kier molecular flexibility index (Phi) is 4.37. The quantitative estimate of drug-likeness (QED) is 0.522. The highest BCUT2D eigenvalue weighted by Crippen LogP contribution is 2.29.